The Balaban J connectivity index is 1.59. The van der Waals surface area contributed by atoms with Crippen molar-refractivity contribution in [2.75, 3.05) is 26.2 Å². The van der Waals surface area contributed by atoms with E-state index in [1.165, 1.54) is 12.8 Å². The highest BCUT2D eigenvalue weighted by Crippen LogP contribution is 2.10. The third-order valence-corrected chi connectivity index (χ3v) is 4.53. The number of carbonyl (C=O) groups is 1. The number of para-hydroxylation sites is 2. The smallest absolute Gasteiger partial charge is 0.272 e. The number of likely N-dealkylation sites (tertiary alicyclic amines) is 1. The monoisotopic (exact) mass is 328 g/mol. The van der Waals surface area contributed by atoms with Crippen LogP contribution in [-0.2, 0) is 11.3 Å². The van der Waals surface area contributed by atoms with Gasteiger partial charge in [0.1, 0.15) is 5.69 Å². The fourth-order valence-corrected chi connectivity index (χ4v) is 3.20. The Bertz CT molecular complexity index is 778. The Labute approximate surface area is 141 Å². The van der Waals surface area contributed by atoms with Crippen LogP contribution in [0.3, 0.4) is 0 Å². The van der Waals surface area contributed by atoms with E-state index in [1.54, 1.807) is 11.5 Å². The van der Waals surface area contributed by atoms with Crippen LogP contribution in [0.15, 0.2) is 29.1 Å². The highest BCUT2D eigenvalue weighted by atomic mass is 16.2. The van der Waals surface area contributed by atoms with Crippen molar-refractivity contribution in [3.8, 4) is 0 Å². The van der Waals surface area contributed by atoms with E-state index >= 15 is 0 Å². The van der Waals surface area contributed by atoms with E-state index in [1.807, 2.05) is 24.3 Å². The van der Waals surface area contributed by atoms with Crippen molar-refractivity contribution in [2.24, 2.45) is 0 Å². The van der Waals surface area contributed by atoms with Crippen molar-refractivity contribution in [3.05, 3.63) is 40.3 Å². The number of nitrogens with one attached hydrogen (secondary N) is 1. The zero-order valence-corrected chi connectivity index (χ0v) is 14.1. The summed E-state index contributed by atoms with van der Waals surface area (Å²) >= 11 is 0. The average Bonchev–Trinajstić information content (AvgIpc) is 3.09. The molecule has 1 amide bonds. The van der Waals surface area contributed by atoms with E-state index in [0.717, 1.165) is 30.7 Å². The predicted molar refractivity (Wildman–Crippen MR) is 94.0 cm³/mol. The van der Waals surface area contributed by atoms with Crippen molar-refractivity contribution in [2.45, 2.75) is 32.7 Å². The van der Waals surface area contributed by atoms with Crippen LogP contribution in [0, 0.1) is 6.92 Å². The van der Waals surface area contributed by atoms with Crippen LogP contribution in [0.5, 0.6) is 0 Å². The largest absolute Gasteiger partial charge is 0.355 e. The van der Waals surface area contributed by atoms with Crippen LogP contribution in [0.25, 0.3) is 11.0 Å². The van der Waals surface area contributed by atoms with Crippen LogP contribution in [0.1, 0.15) is 25.0 Å². The maximum absolute atomic E-state index is 12.3. The molecule has 0 aliphatic carbocycles. The summed E-state index contributed by atoms with van der Waals surface area (Å²) in [6, 6.07) is 7.53. The van der Waals surface area contributed by atoms with Gasteiger partial charge in [-0.05, 0) is 45.0 Å². The van der Waals surface area contributed by atoms with Gasteiger partial charge in [0.05, 0.1) is 11.0 Å². The fourth-order valence-electron chi connectivity index (χ4n) is 3.20. The zero-order chi connectivity index (χ0) is 16.9. The summed E-state index contributed by atoms with van der Waals surface area (Å²) in [5, 5.41) is 2.95. The van der Waals surface area contributed by atoms with Gasteiger partial charge in [-0.3, -0.25) is 9.59 Å². The molecule has 2 aromatic rings. The maximum Gasteiger partial charge on any atom is 0.272 e. The van der Waals surface area contributed by atoms with E-state index in [2.05, 4.69) is 15.2 Å². The molecule has 0 saturated carbocycles. The molecular weight excluding hydrogens is 304 g/mol. The van der Waals surface area contributed by atoms with Crippen molar-refractivity contribution >= 4 is 16.9 Å². The van der Waals surface area contributed by atoms with E-state index in [-0.39, 0.29) is 11.5 Å². The number of amides is 1. The molecule has 24 heavy (non-hydrogen) atoms. The minimum Gasteiger partial charge on any atom is -0.355 e. The molecule has 6 nitrogen and oxygen atoms in total. The first-order valence-corrected chi connectivity index (χ1v) is 8.60. The fraction of sp³-hybridized carbons (Fsp3) is 0.500. The van der Waals surface area contributed by atoms with Gasteiger partial charge in [0.25, 0.3) is 5.56 Å². The molecule has 1 aliphatic rings. The quantitative estimate of drug-likeness (QED) is 0.868. The minimum absolute atomic E-state index is 0.0142. The molecule has 1 fully saturated rings. The van der Waals surface area contributed by atoms with E-state index in [0.29, 0.717) is 25.2 Å². The Morgan fingerprint density at radius 1 is 1.21 bits per heavy atom. The second-order valence-electron chi connectivity index (χ2n) is 6.29. The van der Waals surface area contributed by atoms with Gasteiger partial charge in [-0.2, -0.15) is 0 Å². The lowest BCUT2D eigenvalue weighted by molar-refractivity contribution is -0.121. The molecule has 0 spiro atoms. The predicted octanol–water partition coefficient (Wildman–Crippen LogP) is 1.31. The van der Waals surface area contributed by atoms with Crippen LogP contribution in [0.2, 0.25) is 0 Å². The van der Waals surface area contributed by atoms with Gasteiger partial charge in [0, 0.05) is 26.1 Å². The lowest BCUT2D eigenvalue weighted by Crippen LogP contribution is -2.34. The number of rotatable bonds is 6. The van der Waals surface area contributed by atoms with Crippen LogP contribution < -0.4 is 10.9 Å². The maximum atomic E-state index is 12.3. The number of benzene rings is 1. The Morgan fingerprint density at radius 2 is 1.96 bits per heavy atom. The highest BCUT2D eigenvalue weighted by Gasteiger charge is 2.12. The number of aromatic nitrogens is 2. The van der Waals surface area contributed by atoms with Gasteiger partial charge in [-0.1, -0.05) is 12.1 Å². The molecule has 128 valence electrons. The van der Waals surface area contributed by atoms with Gasteiger partial charge in [-0.15, -0.1) is 0 Å². The molecule has 6 heteroatoms. The van der Waals surface area contributed by atoms with Crippen LogP contribution in [-0.4, -0.2) is 46.5 Å². The molecule has 0 unspecified atom stereocenters. The van der Waals surface area contributed by atoms with Crippen molar-refractivity contribution < 1.29 is 4.79 Å². The standard InChI is InChI=1S/C18H24N4O2/c1-14-18(24)22(16-7-3-2-6-15(16)20-14)12-8-17(23)19-9-13-21-10-4-5-11-21/h2-3,6-7H,4-5,8-13H2,1H3,(H,19,23). The van der Waals surface area contributed by atoms with Crippen LogP contribution in [0.4, 0.5) is 0 Å². The van der Waals surface area contributed by atoms with Gasteiger partial charge in [-0.25, -0.2) is 4.98 Å². The first-order valence-electron chi connectivity index (χ1n) is 8.60. The van der Waals surface area contributed by atoms with Crippen molar-refractivity contribution in [1.82, 2.24) is 19.8 Å². The molecule has 0 atom stereocenters. The summed E-state index contributed by atoms with van der Waals surface area (Å²) in [4.78, 5) is 31.1. The molecule has 2 heterocycles. The summed E-state index contributed by atoms with van der Waals surface area (Å²) in [5.41, 5.74) is 1.89. The third-order valence-electron chi connectivity index (χ3n) is 4.53. The summed E-state index contributed by atoms with van der Waals surface area (Å²) in [7, 11) is 0. The summed E-state index contributed by atoms with van der Waals surface area (Å²) in [6.07, 6.45) is 2.81. The van der Waals surface area contributed by atoms with E-state index in [4.69, 9.17) is 0 Å². The highest BCUT2D eigenvalue weighted by molar-refractivity contribution is 5.77. The molecule has 1 saturated heterocycles. The Kier molecular flexibility index (Phi) is 5.25. The molecule has 3 rings (SSSR count). The van der Waals surface area contributed by atoms with Gasteiger partial charge < -0.3 is 14.8 Å². The number of hydrogen-bond donors (Lipinski definition) is 1. The molecule has 1 aliphatic heterocycles. The molecule has 1 N–H and O–H groups in total. The van der Waals surface area contributed by atoms with E-state index in [9.17, 15) is 9.59 Å². The Hall–Kier alpha value is -2.21. The summed E-state index contributed by atoms with van der Waals surface area (Å²) < 4.78 is 1.65. The molecular formula is C18H24N4O2. The number of hydrogen-bond acceptors (Lipinski definition) is 4. The minimum atomic E-state index is -0.126. The number of aryl methyl sites for hydroxylation is 2. The number of nitrogens with zero attached hydrogens (tertiary/aromatic N) is 3. The molecule has 1 aromatic heterocycles. The topological polar surface area (TPSA) is 67.2 Å². The van der Waals surface area contributed by atoms with Crippen molar-refractivity contribution in [3.63, 3.8) is 0 Å². The van der Waals surface area contributed by atoms with Gasteiger partial charge in [0.2, 0.25) is 5.91 Å². The number of fused-ring (bicyclic) bond motifs is 1. The second kappa shape index (κ2) is 7.57. The Morgan fingerprint density at radius 3 is 2.75 bits per heavy atom. The normalized spacial score (nSPS) is 15.0. The summed E-state index contributed by atoms with van der Waals surface area (Å²) in [6.45, 7) is 5.92. The van der Waals surface area contributed by atoms with Gasteiger partial charge in [0.15, 0.2) is 0 Å². The van der Waals surface area contributed by atoms with Crippen LogP contribution >= 0.6 is 0 Å². The van der Waals surface area contributed by atoms with E-state index < -0.39 is 0 Å². The third kappa shape index (κ3) is 3.82. The first kappa shape index (κ1) is 16.6. The average molecular weight is 328 g/mol. The number of carbonyl (C=O) groups excluding carboxylic acids is 1. The SMILES string of the molecule is Cc1nc2ccccc2n(CCC(=O)NCCN2CCCC2)c1=O. The molecule has 0 bridgehead atoms. The zero-order valence-electron chi connectivity index (χ0n) is 14.1. The van der Waals surface area contributed by atoms with Crippen molar-refractivity contribution in [1.29, 1.82) is 0 Å². The molecule has 1 aromatic carbocycles. The lowest BCUT2D eigenvalue weighted by Gasteiger charge is -2.15. The molecule has 0 radical (unpaired) electrons. The second-order valence-corrected chi connectivity index (χ2v) is 6.29. The lowest BCUT2D eigenvalue weighted by atomic mass is 10.2. The summed E-state index contributed by atoms with van der Waals surface area (Å²) in [5.74, 6) is -0.0142. The van der Waals surface area contributed by atoms with Gasteiger partial charge >= 0.3 is 0 Å². The first-order chi connectivity index (χ1) is 11.6.